The number of amides is 1. The molecule has 0 bridgehead atoms. The molecule has 0 spiro atoms. The summed E-state index contributed by atoms with van der Waals surface area (Å²) in [4.78, 5) is 14.3. The Morgan fingerprint density at radius 1 is 1.33 bits per heavy atom. The van der Waals surface area contributed by atoms with Gasteiger partial charge in [0.1, 0.15) is 6.04 Å². The van der Waals surface area contributed by atoms with Crippen molar-refractivity contribution < 1.29 is 4.79 Å². The van der Waals surface area contributed by atoms with Crippen molar-refractivity contribution in [3.8, 4) is 11.1 Å². The van der Waals surface area contributed by atoms with E-state index in [1.54, 1.807) is 4.68 Å². The molecule has 2 aromatic rings. The van der Waals surface area contributed by atoms with Gasteiger partial charge in [-0.1, -0.05) is 30.3 Å². The van der Waals surface area contributed by atoms with E-state index in [4.69, 9.17) is 0 Å². The fraction of sp³-hybridized carbons (Fsp3) is 0.412. The van der Waals surface area contributed by atoms with Gasteiger partial charge in [0, 0.05) is 25.4 Å². The zero-order valence-electron chi connectivity index (χ0n) is 12.6. The molecule has 3 rings (SSSR count). The average molecular weight is 283 g/mol. The van der Waals surface area contributed by atoms with Crippen LogP contribution in [0.5, 0.6) is 0 Å². The second-order valence-electron chi connectivity index (χ2n) is 5.91. The molecule has 1 aliphatic rings. The standard InChI is InChI=1S/C17H21N3O/c1-13(17(21)19(2)11-14-8-9-14)20-12-16(10-18-20)15-6-4-3-5-7-15/h3-7,10,12-14H,8-9,11H2,1-2H3. The van der Waals surface area contributed by atoms with Gasteiger partial charge in [0.2, 0.25) is 5.91 Å². The van der Waals surface area contributed by atoms with E-state index in [9.17, 15) is 4.79 Å². The minimum atomic E-state index is -0.258. The number of hydrogen-bond acceptors (Lipinski definition) is 2. The lowest BCUT2D eigenvalue weighted by molar-refractivity contribution is -0.133. The second kappa shape index (κ2) is 5.72. The summed E-state index contributed by atoms with van der Waals surface area (Å²) in [7, 11) is 1.89. The van der Waals surface area contributed by atoms with E-state index >= 15 is 0 Å². The second-order valence-corrected chi connectivity index (χ2v) is 5.91. The lowest BCUT2D eigenvalue weighted by Crippen LogP contribution is -2.34. The molecule has 1 aliphatic carbocycles. The minimum absolute atomic E-state index is 0.129. The maximum Gasteiger partial charge on any atom is 0.246 e. The van der Waals surface area contributed by atoms with Gasteiger partial charge in [0.15, 0.2) is 0 Å². The highest BCUT2D eigenvalue weighted by molar-refractivity contribution is 5.80. The Balaban J connectivity index is 1.71. The molecule has 1 fully saturated rings. The van der Waals surface area contributed by atoms with Gasteiger partial charge in [-0.2, -0.15) is 5.10 Å². The maximum absolute atomic E-state index is 12.4. The van der Waals surface area contributed by atoms with Crippen LogP contribution < -0.4 is 0 Å². The highest BCUT2D eigenvalue weighted by Gasteiger charge is 2.27. The molecule has 1 saturated carbocycles. The zero-order chi connectivity index (χ0) is 14.8. The number of likely N-dealkylation sites (N-methyl/N-ethyl adjacent to an activating group) is 1. The van der Waals surface area contributed by atoms with Crippen molar-refractivity contribution >= 4 is 5.91 Å². The Bertz CT molecular complexity index is 616. The smallest absolute Gasteiger partial charge is 0.246 e. The van der Waals surface area contributed by atoms with E-state index < -0.39 is 0 Å². The SMILES string of the molecule is CC(C(=O)N(C)CC1CC1)n1cc(-c2ccccc2)cn1. The van der Waals surface area contributed by atoms with Gasteiger partial charge in [-0.25, -0.2) is 0 Å². The molecule has 4 heteroatoms. The van der Waals surface area contributed by atoms with Gasteiger partial charge in [-0.3, -0.25) is 9.48 Å². The van der Waals surface area contributed by atoms with Crippen LogP contribution >= 0.6 is 0 Å². The lowest BCUT2D eigenvalue weighted by atomic mass is 10.1. The Hall–Kier alpha value is -2.10. The van der Waals surface area contributed by atoms with Crippen molar-refractivity contribution in [3.05, 3.63) is 42.7 Å². The monoisotopic (exact) mass is 283 g/mol. The number of nitrogens with zero attached hydrogens (tertiary/aromatic N) is 3. The third-order valence-electron chi connectivity index (χ3n) is 4.07. The summed E-state index contributed by atoms with van der Waals surface area (Å²) in [5, 5.41) is 4.36. The minimum Gasteiger partial charge on any atom is -0.344 e. The van der Waals surface area contributed by atoms with Crippen LogP contribution in [0.1, 0.15) is 25.8 Å². The molecule has 110 valence electrons. The molecule has 0 N–H and O–H groups in total. The van der Waals surface area contributed by atoms with Gasteiger partial charge in [0.25, 0.3) is 0 Å². The first-order valence-electron chi connectivity index (χ1n) is 7.49. The highest BCUT2D eigenvalue weighted by atomic mass is 16.2. The van der Waals surface area contributed by atoms with Gasteiger partial charge < -0.3 is 4.90 Å². The zero-order valence-corrected chi connectivity index (χ0v) is 12.6. The van der Waals surface area contributed by atoms with E-state index in [1.165, 1.54) is 12.8 Å². The van der Waals surface area contributed by atoms with Gasteiger partial charge in [0.05, 0.1) is 6.20 Å². The Morgan fingerprint density at radius 2 is 2.05 bits per heavy atom. The van der Waals surface area contributed by atoms with E-state index in [0.29, 0.717) is 5.92 Å². The molecule has 0 radical (unpaired) electrons. The fourth-order valence-electron chi connectivity index (χ4n) is 2.54. The van der Waals surface area contributed by atoms with Crippen LogP contribution in [0.15, 0.2) is 42.7 Å². The Labute approximate surface area is 125 Å². The number of benzene rings is 1. The molecule has 1 aromatic carbocycles. The van der Waals surface area contributed by atoms with Crippen molar-refractivity contribution in [1.82, 2.24) is 14.7 Å². The predicted molar refractivity (Wildman–Crippen MR) is 82.7 cm³/mol. The van der Waals surface area contributed by atoms with Crippen LogP contribution in [0.3, 0.4) is 0 Å². The van der Waals surface area contributed by atoms with Crippen LogP contribution in [0.2, 0.25) is 0 Å². The van der Waals surface area contributed by atoms with E-state index in [0.717, 1.165) is 17.7 Å². The summed E-state index contributed by atoms with van der Waals surface area (Å²) in [5.41, 5.74) is 2.16. The van der Waals surface area contributed by atoms with Crippen molar-refractivity contribution in [2.75, 3.05) is 13.6 Å². The third kappa shape index (κ3) is 3.15. The first-order chi connectivity index (χ1) is 10.1. The highest BCUT2D eigenvalue weighted by Crippen LogP contribution is 2.30. The summed E-state index contributed by atoms with van der Waals surface area (Å²) >= 11 is 0. The predicted octanol–water partition coefficient (Wildman–Crippen LogP) is 2.98. The Morgan fingerprint density at radius 3 is 2.71 bits per heavy atom. The number of rotatable bonds is 5. The average Bonchev–Trinajstić information content (AvgIpc) is 3.19. The van der Waals surface area contributed by atoms with Crippen LogP contribution in [-0.4, -0.2) is 34.2 Å². The third-order valence-corrected chi connectivity index (χ3v) is 4.07. The quantitative estimate of drug-likeness (QED) is 0.846. The van der Waals surface area contributed by atoms with Crippen molar-refractivity contribution in [1.29, 1.82) is 0 Å². The summed E-state index contributed by atoms with van der Waals surface area (Å²) in [6.45, 7) is 2.78. The molecule has 4 nitrogen and oxygen atoms in total. The molecule has 1 aromatic heterocycles. The van der Waals surface area contributed by atoms with E-state index in [2.05, 4.69) is 5.10 Å². The summed E-state index contributed by atoms with van der Waals surface area (Å²) < 4.78 is 1.76. The molecule has 0 aliphatic heterocycles. The van der Waals surface area contributed by atoms with Gasteiger partial charge >= 0.3 is 0 Å². The number of aromatic nitrogens is 2. The normalized spacial score (nSPS) is 15.7. The van der Waals surface area contributed by atoms with Crippen molar-refractivity contribution in [3.63, 3.8) is 0 Å². The van der Waals surface area contributed by atoms with E-state index in [-0.39, 0.29) is 11.9 Å². The van der Waals surface area contributed by atoms with Gasteiger partial charge in [-0.15, -0.1) is 0 Å². The maximum atomic E-state index is 12.4. The van der Waals surface area contributed by atoms with Crippen LogP contribution in [0.25, 0.3) is 11.1 Å². The molecule has 1 atom stereocenters. The molecule has 0 saturated heterocycles. The van der Waals surface area contributed by atoms with E-state index in [1.807, 2.05) is 61.6 Å². The molecule has 21 heavy (non-hydrogen) atoms. The van der Waals surface area contributed by atoms with Crippen LogP contribution in [-0.2, 0) is 4.79 Å². The largest absolute Gasteiger partial charge is 0.344 e. The summed E-state index contributed by atoms with van der Waals surface area (Å²) in [6.07, 6.45) is 6.28. The summed E-state index contributed by atoms with van der Waals surface area (Å²) in [5.74, 6) is 0.841. The molecule has 1 amide bonds. The first-order valence-corrected chi connectivity index (χ1v) is 7.49. The first kappa shape index (κ1) is 13.9. The van der Waals surface area contributed by atoms with Crippen LogP contribution in [0, 0.1) is 5.92 Å². The Kier molecular flexibility index (Phi) is 3.78. The number of hydrogen-bond donors (Lipinski definition) is 0. The summed E-state index contributed by atoms with van der Waals surface area (Å²) in [6, 6.07) is 9.84. The van der Waals surface area contributed by atoms with Gasteiger partial charge in [-0.05, 0) is 31.2 Å². The molecular formula is C17H21N3O. The number of carbonyl (C=O) groups excluding carboxylic acids is 1. The fourth-order valence-corrected chi connectivity index (χ4v) is 2.54. The molecule has 1 heterocycles. The van der Waals surface area contributed by atoms with Crippen molar-refractivity contribution in [2.45, 2.75) is 25.8 Å². The number of carbonyl (C=O) groups is 1. The van der Waals surface area contributed by atoms with Crippen molar-refractivity contribution in [2.24, 2.45) is 5.92 Å². The topological polar surface area (TPSA) is 38.1 Å². The lowest BCUT2D eigenvalue weighted by Gasteiger charge is -2.21. The molecule has 1 unspecified atom stereocenters. The van der Waals surface area contributed by atoms with Crippen LogP contribution in [0.4, 0.5) is 0 Å². The molecular weight excluding hydrogens is 262 g/mol.